The van der Waals surface area contributed by atoms with Crippen molar-refractivity contribution in [2.75, 3.05) is 38.3 Å². The highest BCUT2D eigenvalue weighted by Gasteiger charge is 2.41. The molecule has 1 saturated heterocycles. The molecular weight excluding hydrogens is 460 g/mol. The van der Waals surface area contributed by atoms with E-state index in [2.05, 4.69) is 9.62 Å². The summed E-state index contributed by atoms with van der Waals surface area (Å²) in [4.78, 5) is 27.0. The normalized spacial score (nSPS) is 17.3. The molecule has 3 rings (SSSR count). The number of methoxy groups -OCH3 is 1. The second-order valence-electron chi connectivity index (χ2n) is 9.02. The molecule has 1 aliphatic heterocycles. The number of carbonyl (C=O) groups is 2. The quantitative estimate of drug-likeness (QED) is 0.427. The zero-order chi connectivity index (χ0) is 24.1. The number of hydrogen-bond acceptors (Lipinski definition) is 7. The fraction of sp³-hybridized carbons (Fsp3) is 0.500. The minimum absolute atomic E-state index is 0.0302. The average molecular weight is 493 g/mol. The van der Waals surface area contributed by atoms with Crippen molar-refractivity contribution in [2.45, 2.75) is 43.9 Å². The molecule has 2 heterocycles. The standard InChI is InChI=1S/C24H32N2O5S2/c1-23(2,3)33(29)25-24(19-9-14-32-17-19,16-21(27)15-22(28)30-4)18-5-7-20(8-6-18)26-10-12-31-13-11-26/h5-9,14,17,25H,10-13,15-16H2,1-4H3/t24-,33+/m1/s1. The second kappa shape index (κ2) is 10.9. The maximum Gasteiger partial charge on any atom is 0.313 e. The number of ether oxygens (including phenoxy) is 2. The van der Waals surface area contributed by atoms with Gasteiger partial charge in [-0.05, 0) is 60.9 Å². The van der Waals surface area contributed by atoms with Crippen LogP contribution in [0.2, 0.25) is 0 Å². The van der Waals surface area contributed by atoms with E-state index in [9.17, 15) is 13.8 Å². The maximum absolute atomic E-state index is 13.3. The Morgan fingerprint density at radius 1 is 1.12 bits per heavy atom. The molecule has 33 heavy (non-hydrogen) atoms. The van der Waals surface area contributed by atoms with Crippen LogP contribution in [0.3, 0.4) is 0 Å². The van der Waals surface area contributed by atoms with Gasteiger partial charge in [0.1, 0.15) is 12.2 Å². The van der Waals surface area contributed by atoms with Crippen molar-refractivity contribution in [3.63, 3.8) is 0 Å². The Hall–Kier alpha value is -2.07. The van der Waals surface area contributed by atoms with Crippen molar-refractivity contribution in [3.8, 4) is 0 Å². The van der Waals surface area contributed by atoms with Gasteiger partial charge in [0.15, 0.2) is 0 Å². The van der Waals surface area contributed by atoms with Gasteiger partial charge in [-0.15, -0.1) is 0 Å². The number of Topliss-reactive ketones (excluding diaryl/α,β-unsaturated/α-hetero) is 1. The first-order valence-corrected chi connectivity index (χ1v) is 13.0. The van der Waals surface area contributed by atoms with Crippen LogP contribution in [0.5, 0.6) is 0 Å². The van der Waals surface area contributed by atoms with Gasteiger partial charge in [0.25, 0.3) is 0 Å². The molecular formula is C24H32N2O5S2. The maximum atomic E-state index is 13.3. The molecule has 9 heteroatoms. The molecule has 0 unspecified atom stereocenters. The Bertz CT molecular complexity index is 964. The fourth-order valence-electron chi connectivity index (χ4n) is 3.71. The zero-order valence-electron chi connectivity index (χ0n) is 19.6. The number of morpholine rings is 1. The lowest BCUT2D eigenvalue weighted by molar-refractivity contribution is -0.143. The predicted octanol–water partition coefficient (Wildman–Crippen LogP) is 3.40. The van der Waals surface area contributed by atoms with Crippen LogP contribution < -0.4 is 9.62 Å². The van der Waals surface area contributed by atoms with Crippen molar-refractivity contribution in [3.05, 3.63) is 52.2 Å². The highest BCUT2D eigenvalue weighted by atomic mass is 32.2. The molecule has 2 atom stereocenters. The summed E-state index contributed by atoms with van der Waals surface area (Å²) >= 11 is 1.50. The van der Waals surface area contributed by atoms with Crippen molar-refractivity contribution >= 4 is 39.8 Å². The van der Waals surface area contributed by atoms with Gasteiger partial charge >= 0.3 is 5.97 Å². The summed E-state index contributed by atoms with van der Waals surface area (Å²) < 4.78 is 26.2. The number of thiophene rings is 1. The number of anilines is 1. The summed E-state index contributed by atoms with van der Waals surface area (Å²) in [6.45, 7) is 8.66. The summed E-state index contributed by atoms with van der Waals surface area (Å²) in [7, 11) is -0.210. The molecule has 1 N–H and O–H groups in total. The van der Waals surface area contributed by atoms with Crippen LogP contribution >= 0.6 is 11.3 Å². The van der Waals surface area contributed by atoms with E-state index >= 15 is 0 Å². The lowest BCUT2D eigenvalue weighted by Gasteiger charge is -2.37. The third kappa shape index (κ3) is 6.29. The topological polar surface area (TPSA) is 84.9 Å². The van der Waals surface area contributed by atoms with Crippen LogP contribution in [0.25, 0.3) is 0 Å². The van der Waals surface area contributed by atoms with Crippen molar-refractivity contribution in [2.24, 2.45) is 0 Å². The lowest BCUT2D eigenvalue weighted by Crippen LogP contribution is -2.50. The summed E-state index contributed by atoms with van der Waals surface area (Å²) in [5, 5.41) is 3.88. The lowest BCUT2D eigenvalue weighted by atomic mass is 9.80. The zero-order valence-corrected chi connectivity index (χ0v) is 21.2. The van der Waals surface area contributed by atoms with E-state index < -0.39 is 27.2 Å². The van der Waals surface area contributed by atoms with E-state index in [1.54, 1.807) is 0 Å². The largest absolute Gasteiger partial charge is 0.469 e. The molecule has 0 aliphatic carbocycles. The van der Waals surface area contributed by atoms with Crippen LogP contribution in [0.4, 0.5) is 5.69 Å². The molecule has 0 radical (unpaired) electrons. The van der Waals surface area contributed by atoms with E-state index in [0.29, 0.717) is 13.2 Å². The molecule has 180 valence electrons. The van der Waals surface area contributed by atoms with E-state index in [-0.39, 0.29) is 18.6 Å². The third-order valence-corrected chi connectivity index (χ3v) is 7.93. The summed E-state index contributed by atoms with van der Waals surface area (Å²) in [5.74, 6) is -0.873. The SMILES string of the molecule is COC(=O)CC(=O)C[C@@](N[S@@](=O)C(C)(C)C)(c1ccc(N2CCOCC2)cc1)c1ccsc1. The van der Waals surface area contributed by atoms with Gasteiger partial charge in [0.05, 0.1) is 41.6 Å². The monoisotopic (exact) mass is 492 g/mol. The van der Waals surface area contributed by atoms with Gasteiger partial charge in [0.2, 0.25) is 0 Å². The highest BCUT2D eigenvalue weighted by molar-refractivity contribution is 7.84. The first-order chi connectivity index (χ1) is 15.7. The van der Waals surface area contributed by atoms with Gasteiger partial charge in [-0.1, -0.05) is 12.1 Å². The smallest absolute Gasteiger partial charge is 0.313 e. The molecule has 1 aliphatic rings. The Labute approximate surface area is 202 Å². The van der Waals surface area contributed by atoms with Crippen LogP contribution in [0, 0.1) is 0 Å². The molecule has 1 aromatic carbocycles. The van der Waals surface area contributed by atoms with Crippen LogP contribution in [-0.4, -0.2) is 54.1 Å². The van der Waals surface area contributed by atoms with Crippen molar-refractivity contribution < 1.29 is 23.3 Å². The molecule has 0 spiro atoms. The summed E-state index contributed by atoms with van der Waals surface area (Å²) in [5.41, 5.74) is 1.67. The molecule has 1 aromatic heterocycles. The molecule has 0 amide bonds. The fourth-order valence-corrected chi connectivity index (χ4v) is 5.37. The number of nitrogens with zero attached hydrogens (tertiary/aromatic N) is 1. The van der Waals surface area contributed by atoms with Gasteiger partial charge in [-0.25, -0.2) is 8.93 Å². The van der Waals surface area contributed by atoms with Gasteiger partial charge < -0.3 is 14.4 Å². The first-order valence-electron chi connectivity index (χ1n) is 10.9. The van der Waals surface area contributed by atoms with Crippen molar-refractivity contribution in [1.29, 1.82) is 0 Å². The molecule has 7 nitrogen and oxygen atoms in total. The third-order valence-electron chi connectivity index (χ3n) is 5.60. The van der Waals surface area contributed by atoms with Gasteiger partial charge in [0, 0.05) is 25.2 Å². The van der Waals surface area contributed by atoms with Gasteiger partial charge in [-0.2, -0.15) is 11.3 Å². The number of hydrogen-bond donors (Lipinski definition) is 1. The summed E-state index contributed by atoms with van der Waals surface area (Å²) in [6.07, 6.45) is -0.365. The number of benzene rings is 1. The molecule has 0 saturated carbocycles. The highest BCUT2D eigenvalue weighted by Crippen LogP contribution is 2.37. The van der Waals surface area contributed by atoms with Crippen LogP contribution in [-0.2, 0) is 35.6 Å². The van der Waals surface area contributed by atoms with E-state index in [1.807, 2.05) is 61.9 Å². The summed E-state index contributed by atoms with van der Waals surface area (Å²) in [6, 6.07) is 9.92. The van der Waals surface area contributed by atoms with E-state index in [0.717, 1.165) is 29.9 Å². The number of esters is 1. The van der Waals surface area contributed by atoms with E-state index in [4.69, 9.17) is 9.47 Å². The predicted molar refractivity (Wildman–Crippen MR) is 132 cm³/mol. The number of nitrogens with one attached hydrogen (secondary N) is 1. The Kier molecular flexibility index (Phi) is 8.44. The first kappa shape index (κ1) is 25.6. The van der Waals surface area contributed by atoms with Gasteiger partial charge in [-0.3, -0.25) is 9.59 Å². The number of ketones is 1. The molecule has 0 bridgehead atoms. The minimum atomic E-state index is -1.47. The Morgan fingerprint density at radius 2 is 1.79 bits per heavy atom. The van der Waals surface area contributed by atoms with Crippen LogP contribution in [0.1, 0.15) is 44.7 Å². The number of rotatable bonds is 9. The van der Waals surface area contributed by atoms with E-state index in [1.165, 1.54) is 18.4 Å². The minimum Gasteiger partial charge on any atom is -0.469 e. The number of carbonyl (C=O) groups excluding carboxylic acids is 2. The molecule has 1 fully saturated rings. The molecule has 2 aromatic rings. The van der Waals surface area contributed by atoms with Crippen LogP contribution in [0.15, 0.2) is 41.1 Å². The second-order valence-corrected chi connectivity index (χ2v) is 11.8. The Balaban J connectivity index is 2.04. The Morgan fingerprint density at radius 3 is 2.33 bits per heavy atom. The van der Waals surface area contributed by atoms with Crippen molar-refractivity contribution in [1.82, 2.24) is 4.72 Å². The average Bonchev–Trinajstić information content (AvgIpc) is 3.34.